The fourth-order valence-electron chi connectivity index (χ4n) is 4.48. The Labute approximate surface area is 262 Å². The van der Waals surface area contributed by atoms with Crippen LogP contribution in [0.3, 0.4) is 0 Å². The van der Waals surface area contributed by atoms with Crippen molar-refractivity contribution >= 4 is 5.78 Å². The summed E-state index contributed by atoms with van der Waals surface area (Å²) in [6.45, 7) is 0. The maximum Gasteiger partial charge on any atom is 0.267 e. The molecular formula is C35H16N10O. The highest BCUT2D eigenvalue weighted by atomic mass is 16.1. The zero-order chi connectivity index (χ0) is 32.0. The van der Waals surface area contributed by atoms with Gasteiger partial charge in [-0.2, -0.15) is 21.0 Å². The van der Waals surface area contributed by atoms with Crippen LogP contribution in [0.2, 0.25) is 0 Å². The molecule has 212 valence electrons. The number of carbonyl (C=O) groups excluding carboxylic acids is 1. The summed E-state index contributed by atoms with van der Waals surface area (Å²) in [6, 6.07) is 34.7. The van der Waals surface area contributed by atoms with Crippen molar-refractivity contribution in [2.24, 2.45) is 0 Å². The van der Waals surface area contributed by atoms with Gasteiger partial charge in [-0.3, -0.25) is 4.79 Å². The van der Waals surface area contributed by atoms with Crippen LogP contribution in [-0.2, 0) is 0 Å². The Kier molecular flexibility index (Phi) is 7.73. The molecule has 0 N–H and O–H groups in total. The molecule has 0 aliphatic heterocycles. The van der Waals surface area contributed by atoms with Crippen LogP contribution in [0.15, 0.2) is 97.1 Å². The second-order valence-electron chi connectivity index (χ2n) is 9.71. The molecule has 0 aliphatic carbocycles. The van der Waals surface area contributed by atoms with Gasteiger partial charge in [0.15, 0.2) is 23.3 Å². The van der Waals surface area contributed by atoms with Crippen molar-refractivity contribution in [3.8, 4) is 69.8 Å². The second-order valence-corrected chi connectivity index (χ2v) is 9.71. The summed E-state index contributed by atoms with van der Waals surface area (Å²) in [5, 5.41) is 37.8. The maximum absolute atomic E-state index is 14.2. The summed E-state index contributed by atoms with van der Waals surface area (Å²) >= 11 is 0. The number of aromatic nitrogens is 6. The minimum absolute atomic E-state index is 0.116. The van der Waals surface area contributed by atoms with Crippen molar-refractivity contribution in [1.29, 1.82) is 21.0 Å². The molecule has 0 bridgehead atoms. The van der Waals surface area contributed by atoms with Crippen LogP contribution in [0.5, 0.6) is 0 Å². The second kappa shape index (κ2) is 12.4. The van der Waals surface area contributed by atoms with E-state index in [4.69, 9.17) is 0 Å². The summed E-state index contributed by atoms with van der Waals surface area (Å²) in [4.78, 5) is 41.1. The van der Waals surface area contributed by atoms with Gasteiger partial charge in [0.1, 0.15) is 0 Å². The molecule has 0 radical (unpaired) electrons. The largest absolute Gasteiger partial charge is 0.281 e. The topological polar surface area (TPSA) is 190 Å². The van der Waals surface area contributed by atoms with Crippen LogP contribution in [0.4, 0.5) is 0 Å². The third-order valence-corrected chi connectivity index (χ3v) is 6.68. The van der Waals surface area contributed by atoms with Crippen LogP contribution >= 0.6 is 0 Å². The minimum Gasteiger partial charge on any atom is -0.281 e. The Morgan fingerprint density at radius 1 is 0.413 bits per heavy atom. The van der Waals surface area contributed by atoms with Gasteiger partial charge in [0.2, 0.25) is 11.6 Å². The number of nitrogens with zero attached hydrogens (tertiary/aromatic N) is 10. The van der Waals surface area contributed by atoms with E-state index in [1.807, 2.05) is 0 Å². The first-order valence-corrected chi connectivity index (χ1v) is 13.6. The highest BCUT2D eigenvalue weighted by molar-refractivity contribution is 6.04. The lowest BCUT2D eigenvalue weighted by Gasteiger charge is -2.10. The van der Waals surface area contributed by atoms with Crippen LogP contribution in [-0.4, -0.2) is 35.7 Å². The number of hydrogen-bond donors (Lipinski definition) is 0. The Hall–Kier alpha value is -7.47. The number of nitriles is 4. The van der Waals surface area contributed by atoms with Crippen LogP contribution in [0.25, 0.3) is 45.6 Å². The zero-order valence-electron chi connectivity index (χ0n) is 23.6. The fraction of sp³-hybridized carbons (Fsp3) is 0. The molecular weight excluding hydrogens is 576 g/mol. The quantitative estimate of drug-likeness (QED) is 0.224. The molecule has 0 atom stereocenters. The number of hydrogen-bond acceptors (Lipinski definition) is 11. The molecule has 6 rings (SSSR count). The van der Waals surface area contributed by atoms with E-state index in [1.54, 1.807) is 97.1 Å². The number of carbonyl (C=O) groups is 1. The lowest BCUT2D eigenvalue weighted by Crippen LogP contribution is -2.15. The maximum atomic E-state index is 14.2. The first-order chi connectivity index (χ1) is 22.5. The molecule has 0 unspecified atom stereocenters. The van der Waals surface area contributed by atoms with Gasteiger partial charge in [0.05, 0.1) is 46.5 Å². The van der Waals surface area contributed by atoms with Crippen molar-refractivity contribution in [3.63, 3.8) is 0 Å². The molecule has 46 heavy (non-hydrogen) atoms. The molecule has 6 aromatic rings. The van der Waals surface area contributed by atoms with Crippen molar-refractivity contribution in [2.45, 2.75) is 0 Å². The standard InChI is InChI=1S/C35H16N10O/c36-17-21-5-1-9-25(13-21)30-40-31(26-10-2-6-22(14-26)18-37)43-34(42-30)29(46)35-44-32(27-11-3-7-23(15-27)19-38)41-33(45-35)28-12-4-8-24(16-28)20-39/h1-16H. The lowest BCUT2D eigenvalue weighted by atomic mass is 10.1. The molecule has 0 saturated heterocycles. The number of benzene rings is 4. The van der Waals surface area contributed by atoms with E-state index in [-0.39, 0.29) is 34.9 Å². The highest BCUT2D eigenvalue weighted by Gasteiger charge is 2.23. The van der Waals surface area contributed by atoms with Gasteiger partial charge in [0, 0.05) is 22.3 Å². The Morgan fingerprint density at radius 2 is 0.674 bits per heavy atom. The zero-order valence-corrected chi connectivity index (χ0v) is 23.6. The van der Waals surface area contributed by atoms with Crippen LogP contribution in [0.1, 0.15) is 38.7 Å². The normalized spacial score (nSPS) is 10.2. The van der Waals surface area contributed by atoms with E-state index in [0.29, 0.717) is 44.5 Å². The fourth-order valence-corrected chi connectivity index (χ4v) is 4.48. The third kappa shape index (κ3) is 5.88. The molecule has 0 aliphatic rings. The van der Waals surface area contributed by atoms with E-state index in [0.717, 1.165) is 0 Å². The van der Waals surface area contributed by atoms with E-state index in [9.17, 15) is 25.8 Å². The number of ketones is 1. The van der Waals surface area contributed by atoms with Crippen LogP contribution in [0, 0.1) is 45.3 Å². The van der Waals surface area contributed by atoms with E-state index < -0.39 is 5.78 Å². The lowest BCUT2D eigenvalue weighted by molar-refractivity contribution is 0.101. The predicted molar refractivity (Wildman–Crippen MR) is 164 cm³/mol. The van der Waals surface area contributed by atoms with Crippen molar-refractivity contribution in [1.82, 2.24) is 29.9 Å². The summed E-state index contributed by atoms with van der Waals surface area (Å²) < 4.78 is 0. The molecule has 4 aromatic carbocycles. The SMILES string of the molecule is N#Cc1cccc(-c2nc(C(=O)c3nc(-c4cccc(C#N)c4)nc(-c4cccc(C#N)c4)n3)nc(-c3cccc(C#N)c3)n2)c1. The van der Waals surface area contributed by atoms with Crippen molar-refractivity contribution in [3.05, 3.63) is 131 Å². The Morgan fingerprint density at radius 3 is 0.913 bits per heavy atom. The first kappa shape index (κ1) is 28.6. The van der Waals surface area contributed by atoms with Gasteiger partial charge >= 0.3 is 0 Å². The molecule has 0 fully saturated rings. The molecule has 0 spiro atoms. The van der Waals surface area contributed by atoms with Crippen molar-refractivity contribution < 1.29 is 4.79 Å². The molecule has 11 heteroatoms. The molecule has 11 nitrogen and oxygen atoms in total. The van der Waals surface area contributed by atoms with Gasteiger partial charge in [-0.05, 0) is 48.5 Å². The van der Waals surface area contributed by atoms with Gasteiger partial charge in [-0.15, -0.1) is 0 Å². The molecule has 0 amide bonds. The predicted octanol–water partition coefficient (Wildman–Crippen LogP) is 5.44. The van der Waals surface area contributed by atoms with E-state index in [2.05, 4.69) is 54.2 Å². The van der Waals surface area contributed by atoms with Gasteiger partial charge in [0.25, 0.3) is 5.78 Å². The van der Waals surface area contributed by atoms with Gasteiger partial charge < -0.3 is 0 Å². The van der Waals surface area contributed by atoms with Gasteiger partial charge in [-0.25, -0.2) is 29.9 Å². The van der Waals surface area contributed by atoms with Crippen molar-refractivity contribution in [2.75, 3.05) is 0 Å². The summed E-state index contributed by atoms with van der Waals surface area (Å²) in [5.74, 6) is -0.864. The highest BCUT2D eigenvalue weighted by Crippen LogP contribution is 2.25. The molecule has 2 heterocycles. The van der Waals surface area contributed by atoms with Crippen LogP contribution < -0.4 is 0 Å². The summed E-state index contributed by atoms with van der Waals surface area (Å²) in [5.41, 5.74) is 3.32. The minimum atomic E-state index is -0.754. The Bertz CT molecular complexity index is 2040. The Balaban J connectivity index is 1.56. The summed E-state index contributed by atoms with van der Waals surface area (Å²) in [7, 11) is 0. The smallest absolute Gasteiger partial charge is 0.267 e. The third-order valence-electron chi connectivity index (χ3n) is 6.68. The average Bonchev–Trinajstić information content (AvgIpc) is 3.14. The molecule has 2 aromatic heterocycles. The summed E-state index contributed by atoms with van der Waals surface area (Å²) in [6.07, 6.45) is 0. The first-order valence-electron chi connectivity index (χ1n) is 13.6. The van der Waals surface area contributed by atoms with Gasteiger partial charge in [-0.1, -0.05) is 48.5 Å². The molecule has 0 saturated carbocycles. The monoisotopic (exact) mass is 592 g/mol. The van der Waals surface area contributed by atoms with E-state index in [1.165, 1.54) is 0 Å². The number of rotatable bonds is 6. The van der Waals surface area contributed by atoms with E-state index >= 15 is 0 Å². The average molecular weight is 593 g/mol.